The Kier molecular flexibility index (Phi) is 3.50. The molecule has 2 rings (SSSR count). The quantitative estimate of drug-likeness (QED) is 0.886. The standard InChI is InChI=1S/C12H12F3N3O2S/c1-18-9(3-5-11(18)16)7-2-4-10(21(17,19)20)8(6-7)12(13,14)15/h2-6H,16H2,1H3,(H2,17,19,20). The maximum Gasteiger partial charge on any atom is 0.417 e. The molecule has 4 N–H and O–H groups in total. The van der Waals surface area contributed by atoms with Crippen molar-refractivity contribution in [3.05, 3.63) is 35.9 Å². The van der Waals surface area contributed by atoms with Gasteiger partial charge in [0.2, 0.25) is 10.0 Å². The molecule has 9 heteroatoms. The first-order valence-corrected chi connectivity index (χ1v) is 7.22. The Morgan fingerprint density at radius 1 is 1.14 bits per heavy atom. The highest BCUT2D eigenvalue weighted by molar-refractivity contribution is 7.89. The van der Waals surface area contributed by atoms with Crippen molar-refractivity contribution in [2.24, 2.45) is 12.2 Å². The monoisotopic (exact) mass is 319 g/mol. The molecule has 1 heterocycles. The average molecular weight is 319 g/mol. The molecule has 0 aliphatic rings. The molecule has 0 bridgehead atoms. The lowest BCUT2D eigenvalue weighted by molar-refractivity contribution is -0.139. The predicted octanol–water partition coefficient (Wildman–Crippen LogP) is 1.94. The summed E-state index contributed by atoms with van der Waals surface area (Å²) in [5.41, 5.74) is 4.94. The van der Waals surface area contributed by atoms with Crippen molar-refractivity contribution in [2.75, 3.05) is 5.73 Å². The summed E-state index contributed by atoms with van der Waals surface area (Å²) in [6, 6.07) is 5.92. The van der Waals surface area contributed by atoms with Crippen LogP contribution >= 0.6 is 0 Å². The third-order valence-corrected chi connectivity index (χ3v) is 4.02. The van der Waals surface area contributed by atoms with Gasteiger partial charge in [-0.05, 0) is 29.8 Å². The number of nitrogen functional groups attached to an aromatic ring is 1. The number of nitrogens with zero attached hydrogens (tertiary/aromatic N) is 1. The summed E-state index contributed by atoms with van der Waals surface area (Å²) in [4.78, 5) is -0.957. The number of aromatic nitrogens is 1. The Hall–Kier alpha value is -2.00. The van der Waals surface area contributed by atoms with Crippen molar-refractivity contribution in [3.63, 3.8) is 0 Å². The van der Waals surface area contributed by atoms with Gasteiger partial charge in [0.05, 0.1) is 10.5 Å². The highest BCUT2D eigenvalue weighted by Crippen LogP contribution is 2.36. The summed E-state index contributed by atoms with van der Waals surface area (Å²) >= 11 is 0. The van der Waals surface area contributed by atoms with Crippen LogP contribution in [0.1, 0.15) is 5.56 Å². The lowest BCUT2D eigenvalue weighted by Crippen LogP contribution is -2.19. The highest BCUT2D eigenvalue weighted by atomic mass is 32.2. The highest BCUT2D eigenvalue weighted by Gasteiger charge is 2.36. The van der Waals surface area contributed by atoms with E-state index in [-0.39, 0.29) is 5.56 Å². The summed E-state index contributed by atoms with van der Waals surface area (Å²) in [6.45, 7) is 0. The predicted molar refractivity (Wildman–Crippen MR) is 71.6 cm³/mol. The Balaban J connectivity index is 2.72. The van der Waals surface area contributed by atoms with Crippen molar-refractivity contribution in [1.82, 2.24) is 4.57 Å². The second-order valence-corrected chi connectivity index (χ2v) is 5.99. The third kappa shape index (κ3) is 2.88. The maximum atomic E-state index is 13.0. The van der Waals surface area contributed by atoms with E-state index >= 15 is 0 Å². The van der Waals surface area contributed by atoms with Gasteiger partial charge in [-0.25, -0.2) is 13.6 Å². The third-order valence-electron chi connectivity index (χ3n) is 3.05. The molecule has 5 nitrogen and oxygen atoms in total. The molecular formula is C12H12F3N3O2S. The number of nitrogens with two attached hydrogens (primary N) is 2. The van der Waals surface area contributed by atoms with Gasteiger partial charge in [0.25, 0.3) is 0 Å². The zero-order chi connectivity index (χ0) is 16.0. The van der Waals surface area contributed by atoms with Gasteiger partial charge in [0, 0.05) is 12.7 Å². The van der Waals surface area contributed by atoms with Gasteiger partial charge in [-0.1, -0.05) is 6.07 Å². The largest absolute Gasteiger partial charge is 0.417 e. The van der Waals surface area contributed by atoms with Crippen LogP contribution in [0.15, 0.2) is 35.2 Å². The van der Waals surface area contributed by atoms with E-state index in [2.05, 4.69) is 0 Å². The van der Waals surface area contributed by atoms with Gasteiger partial charge in [-0.15, -0.1) is 0 Å². The fraction of sp³-hybridized carbons (Fsp3) is 0.167. The number of rotatable bonds is 2. The first-order valence-electron chi connectivity index (χ1n) is 5.67. The van der Waals surface area contributed by atoms with Crippen LogP contribution in [0.2, 0.25) is 0 Å². The second kappa shape index (κ2) is 4.78. The molecule has 0 saturated carbocycles. The molecule has 114 valence electrons. The Morgan fingerprint density at radius 3 is 2.19 bits per heavy atom. The number of alkyl halides is 3. The van der Waals surface area contributed by atoms with Crippen LogP contribution in [0, 0.1) is 0 Å². The zero-order valence-electron chi connectivity index (χ0n) is 10.8. The zero-order valence-corrected chi connectivity index (χ0v) is 11.7. The van der Waals surface area contributed by atoms with Crippen LogP contribution in [0.5, 0.6) is 0 Å². The molecule has 21 heavy (non-hydrogen) atoms. The van der Waals surface area contributed by atoms with Crippen LogP contribution in [0.4, 0.5) is 19.0 Å². The molecule has 0 unspecified atom stereocenters. The van der Waals surface area contributed by atoms with Crippen molar-refractivity contribution >= 4 is 15.8 Å². The number of hydrogen-bond donors (Lipinski definition) is 2. The molecule has 0 radical (unpaired) electrons. The number of anilines is 1. The summed E-state index contributed by atoms with van der Waals surface area (Å²) < 4.78 is 63.1. The van der Waals surface area contributed by atoms with Gasteiger partial charge in [-0.2, -0.15) is 13.2 Å². The maximum absolute atomic E-state index is 13.0. The van der Waals surface area contributed by atoms with Crippen molar-refractivity contribution in [3.8, 4) is 11.3 Å². The molecule has 0 saturated heterocycles. The van der Waals surface area contributed by atoms with Gasteiger partial charge in [-0.3, -0.25) is 0 Å². The van der Waals surface area contributed by atoms with Crippen molar-refractivity contribution in [2.45, 2.75) is 11.1 Å². The van der Waals surface area contributed by atoms with Crippen LogP contribution < -0.4 is 10.9 Å². The first kappa shape index (κ1) is 15.4. The molecule has 0 spiro atoms. The summed E-state index contributed by atoms with van der Waals surface area (Å²) in [6.07, 6.45) is -4.84. The Labute approximate surface area is 119 Å². The van der Waals surface area contributed by atoms with Crippen molar-refractivity contribution < 1.29 is 21.6 Å². The van der Waals surface area contributed by atoms with E-state index in [9.17, 15) is 21.6 Å². The minimum Gasteiger partial charge on any atom is -0.385 e. The lowest BCUT2D eigenvalue weighted by atomic mass is 10.1. The van der Waals surface area contributed by atoms with Crippen LogP contribution in [-0.2, 0) is 23.2 Å². The van der Waals surface area contributed by atoms with Gasteiger partial charge in [0.15, 0.2) is 0 Å². The SMILES string of the molecule is Cn1c(N)ccc1-c1ccc(S(N)(=O)=O)c(C(F)(F)F)c1. The van der Waals surface area contributed by atoms with Crippen LogP contribution in [0.3, 0.4) is 0 Å². The second-order valence-electron chi connectivity index (χ2n) is 4.46. The topological polar surface area (TPSA) is 91.1 Å². The Morgan fingerprint density at radius 2 is 1.76 bits per heavy atom. The number of sulfonamides is 1. The molecule has 0 amide bonds. The summed E-state index contributed by atoms with van der Waals surface area (Å²) in [7, 11) is -2.88. The summed E-state index contributed by atoms with van der Waals surface area (Å²) in [5, 5.41) is 4.82. The first-order chi connectivity index (χ1) is 9.51. The molecule has 1 aromatic carbocycles. The molecule has 0 aliphatic heterocycles. The molecule has 0 aliphatic carbocycles. The molecular weight excluding hydrogens is 307 g/mol. The van der Waals surface area contributed by atoms with E-state index < -0.39 is 26.7 Å². The number of benzene rings is 1. The fourth-order valence-corrected chi connectivity index (χ4v) is 2.71. The lowest BCUT2D eigenvalue weighted by Gasteiger charge is -2.14. The van der Waals surface area contributed by atoms with Crippen LogP contribution in [-0.4, -0.2) is 13.0 Å². The van der Waals surface area contributed by atoms with Gasteiger partial charge >= 0.3 is 6.18 Å². The minimum atomic E-state index is -4.84. The molecule has 1 aromatic heterocycles. The van der Waals surface area contributed by atoms with Gasteiger partial charge < -0.3 is 10.3 Å². The van der Waals surface area contributed by atoms with Crippen molar-refractivity contribution in [1.29, 1.82) is 0 Å². The number of halogens is 3. The number of hydrogen-bond acceptors (Lipinski definition) is 3. The normalized spacial score (nSPS) is 12.6. The van der Waals surface area contributed by atoms with E-state index in [0.717, 1.165) is 12.1 Å². The van der Waals surface area contributed by atoms with E-state index in [4.69, 9.17) is 10.9 Å². The average Bonchev–Trinajstić information content (AvgIpc) is 2.67. The molecule has 0 atom stereocenters. The van der Waals surface area contributed by atoms with E-state index in [1.54, 1.807) is 13.1 Å². The molecule has 2 aromatic rings. The smallest absolute Gasteiger partial charge is 0.385 e. The summed E-state index contributed by atoms with van der Waals surface area (Å²) in [5.74, 6) is 0.370. The minimum absolute atomic E-state index is 0.189. The van der Waals surface area contributed by atoms with Crippen LogP contribution in [0.25, 0.3) is 11.3 Å². The number of primary sulfonamides is 1. The van der Waals surface area contributed by atoms with Gasteiger partial charge in [0.1, 0.15) is 5.82 Å². The van der Waals surface area contributed by atoms with E-state index in [1.807, 2.05) is 0 Å². The molecule has 0 fully saturated rings. The van der Waals surface area contributed by atoms with E-state index in [1.165, 1.54) is 16.7 Å². The Bertz CT molecular complexity index is 795. The van der Waals surface area contributed by atoms with E-state index in [0.29, 0.717) is 11.5 Å². The fourth-order valence-electron chi connectivity index (χ4n) is 1.98.